The Kier molecular flexibility index (Phi) is 3.28. The molecule has 4 rings (SSSR count). The Labute approximate surface area is 141 Å². The Morgan fingerprint density at radius 3 is 2.38 bits per heavy atom. The second-order valence-corrected chi connectivity index (χ2v) is 6.16. The Balaban J connectivity index is 1.77. The number of non-ortho nitro benzene ring substituents is 1. The van der Waals surface area contributed by atoms with E-state index in [1.165, 1.54) is 23.5 Å². The highest BCUT2D eigenvalue weighted by Gasteiger charge is 2.12. The molecular weight excluding hydrogens is 324 g/mol. The smallest absolute Gasteiger partial charge is 0.269 e. The molecule has 0 aliphatic carbocycles. The predicted molar refractivity (Wildman–Crippen MR) is 95.0 cm³/mol. The maximum absolute atomic E-state index is 10.8. The number of nitrogens with two attached hydrogens (primary N) is 1. The number of benzene rings is 2. The largest absolute Gasteiger partial charge is 0.399 e. The van der Waals surface area contributed by atoms with Crippen molar-refractivity contribution in [1.29, 1.82) is 0 Å². The Hall–Kier alpha value is -3.19. The fourth-order valence-electron chi connectivity index (χ4n) is 2.54. The van der Waals surface area contributed by atoms with Gasteiger partial charge in [-0.3, -0.25) is 14.5 Å². The average molecular weight is 336 g/mol. The van der Waals surface area contributed by atoms with Crippen molar-refractivity contribution < 1.29 is 4.92 Å². The number of nitrogen functional groups attached to an aromatic ring is 1. The Morgan fingerprint density at radius 2 is 1.71 bits per heavy atom. The van der Waals surface area contributed by atoms with Crippen molar-refractivity contribution in [2.24, 2.45) is 0 Å². The molecule has 6 nitrogen and oxygen atoms in total. The van der Waals surface area contributed by atoms with Crippen LogP contribution < -0.4 is 5.73 Å². The number of imidazole rings is 1. The molecule has 118 valence electrons. The van der Waals surface area contributed by atoms with E-state index in [1.54, 1.807) is 12.1 Å². The van der Waals surface area contributed by atoms with Crippen molar-refractivity contribution in [1.82, 2.24) is 9.38 Å². The normalized spacial score (nSPS) is 11.0. The van der Waals surface area contributed by atoms with Gasteiger partial charge in [-0.15, -0.1) is 11.3 Å². The number of hydrogen-bond donors (Lipinski definition) is 1. The monoisotopic (exact) mass is 336 g/mol. The van der Waals surface area contributed by atoms with Crippen molar-refractivity contribution in [2.75, 3.05) is 5.73 Å². The Morgan fingerprint density at radius 1 is 1.04 bits per heavy atom. The average Bonchev–Trinajstić information content (AvgIpc) is 3.16. The molecule has 2 aromatic carbocycles. The molecule has 4 aromatic rings. The number of nitrogens with zero attached hydrogens (tertiary/aromatic N) is 3. The van der Waals surface area contributed by atoms with Gasteiger partial charge in [0.2, 0.25) is 0 Å². The van der Waals surface area contributed by atoms with Crippen LogP contribution in [0.2, 0.25) is 0 Å². The van der Waals surface area contributed by atoms with Gasteiger partial charge in [0.1, 0.15) is 0 Å². The molecule has 0 aliphatic heterocycles. The van der Waals surface area contributed by atoms with Gasteiger partial charge < -0.3 is 5.73 Å². The zero-order chi connectivity index (χ0) is 16.7. The molecule has 24 heavy (non-hydrogen) atoms. The summed E-state index contributed by atoms with van der Waals surface area (Å²) in [7, 11) is 0. The highest BCUT2D eigenvalue weighted by Crippen LogP contribution is 2.30. The first-order chi connectivity index (χ1) is 11.6. The van der Waals surface area contributed by atoms with Crippen molar-refractivity contribution >= 4 is 27.7 Å². The lowest BCUT2D eigenvalue weighted by molar-refractivity contribution is -0.384. The fraction of sp³-hybridized carbons (Fsp3) is 0. The van der Waals surface area contributed by atoms with E-state index in [0.717, 1.165) is 27.5 Å². The second kappa shape index (κ2) is 5.47. The van der Waals surface area contributed by atoms with E-state index in [9.17, 15) is 10.1 Å². The molecular formula is C17H12N4O2S. The first-order valence-electron chi connectivity index (χ1n) is 7.19. The third-order valence-electron chi connectivity index (χ3n) is 3.79. The maximum Gasteiger partial charge on any atom is 0.269 e. The second-order valence-electron chi connectivity index (χ2n) is 5.33. The topological polar surface area (TPSA) is 86.5 Å². The van der Waals surface area contributed by atoms with Crippen molar-refractivity contribution in [3.63, 3.8) is 0 Å². The van der Waals surface area contributed by atoms with Crippen LogP contribution in [0.25, 0.3) is 27.5 Å². The lowest BCUT2D eigenvalue weighted by Crippen LogP contribution is -1.88. The zero-order valence-corrected chi connectivity index (χ0v) is 13.2. The van der Waals surface area contributed by atoms with Gasteiger partial charge in [0.15, 0.2) is 4.96 Å². The summed E-state index contributed by atoms with van der Waals surface area (Å²) in [5.74, 6) is 0. The van der Waals surface area contributed by atoms with E-state index in [1.807, 2.05) is 40.2 Å². The molecule has 0 aliphatic rings. The van der Waals surface area contributed by atoms with Crippen molar-refractivity contribution in [3.8, 4) is 22.5 Å². The van der Waals surface area contributed by atoms with E-state index in [2.05, 4.69) is 4.98 Å². The van der Waals surface area contributed by atoms with Gasteiger partial charge in [-0.1, -0.05) is 12.1 Å². The molecule has 0 unspecified atom stereocenters. The number of fused-ring (bicyclic) bond motifs is 1. The van der Waals surface area contributed by atoms with Crippen LogP contribution in [0.3, 0.4) is 0 Å². The molecule has 0 atom stereocenters. The van der Waals surface area contributed by atoms with E-state index in [0.29, 0.717) is 5.69 Å². The molecule has 0 saturated carbocycles. The van der Waals surface area contributed by atoms with Crippen LogP contribution in [-0.4, -0.2) is 14.3 Å². The molecule has 2 aromatic heterocycles. The van der Waals surface area contributed by atoms with Gasteiger partial charge >= 0.3 is 0 Å². The summed E-state index contributed by atoms with van der Waals surface area (Å²) in [4.78, 5) is 15.9. The molecule has 7 heteroatoms. The minimum absolute atomic E-state index is 0.0819. The number of anilines is 1. The lowest BCUT2D eigenvalue weighted by Gasteiger charge is -2.00. The predicted octanol–water partition coefficient (Wildman–Crippen LogP) is 4.22. The van der Waals surface area contributed by atoms with Gasteiger partial charge in [-0.05, 0) is 29.8 Å². The number of aromatic nitrogens is 2. The van der Waals surface area contributed by atoms with Gasteiger partial charge in [-0.2, -0.15) is 0 Å². The van der Waals surface area contributed by atoms with Gasteiger partial charge in [0, 0.05) is 35.0 Å². The molecule has 0 spiro atoms. The number of nitro groups is 1. The van der Waals surface area contributed by atoms with Gasteiger partial charge in [0.05, 0.1) is 16.3 Å². The minimum Gasteiger partial charge on any atom is -0.399 e. The molecule has 0 bridgehead atoms. The van der Waals surface area contributed by atoms with Crippen molar-refractivity contribution in [2.45, 2.75) is 0 Å². The first kappa shape index (κ1) is 14.4. The van der Waals surface area contributed by atoms with E-state index in [4.69, 9.17) is 5.73 Å². The standard InChI is InChI=1S/C17H12N4O2S/c18-13-5-1-11(2-6-13)15-9-20-16(10-24-17(20)19-15)12-3-7-14(8-4-12)21(22)23/h1-10H,18H2. The summed E-state index contributed by atoms with van der Waals surface area (Å²) in [6.07, 6.45) is 1.97. The number of nitro benzene ring substituents is 1. The molecule has 2 N–H and O–H groups in total. The highest BCUT2D eigenvalue weighted by atomic mass is 32.1. The third-order valence-corrected chi connectivity index (χ3v) is 4.63. The zero-order valence-electron chi connectivity index (χ0n) is 12.4. The summed E-state index contributed by atoms with van der Waals surface area (Å²) >= 11 is 1.53. The minimum atomic E-state index is -0.399. The van der Waals surface area contributed by atoms with Gasteiger partial charge in [0.25, 0.3) is 5.69 Å². The quantitative estimate of drug-likeness (QED) is 0.345. The van der Waals surface area contributed by atoms with Crippen LogP contribution >= 0.6 is 11.3 Å². The molecule has 0 amide bonds. The van der Waals surface area contributed by atoms with Crippen LogP contribution in [0.4, 0.5) is 11.4 Å². The molecule has 2 heterocycles. The van der Waals surface area contributed by atoms with E-state index >= 15 is 0 Å². The number of thiazole rings is 1. The molecule has 0 fully saturated rings. The van der Waals surface area contributed by atoms with Gasteiger partial charge in [-0.25, -0.2) is 4.98 Å². The summed E-state index contributed by atoms with van der Waals surface area (Å²) in [5.41, 5.74) is 10.2. The molecule has 0 saturated heterocycles. The fourth-order valence-corrected chi connectivity index (χ4v) is 3.42. The van der Waals surface area contributed by atoms with E-state index < -0.39 is 4.92 Å². The van der Waals surface area contributed by atoms with E-state index in [-0.39, 0.29) is 5.69 Å². The summed E-state index contributed by atoms with van der Waals surface area (Å²) in [6, 6.07) is 14.1. The van der Waals surface area contributed by atoms with Crippen LogP contribution in [0.1, 0.15) is 0 Å². The van der Waals surface area contributed by atoms with Crippen LogP contribution in [0, 0.1) is 10.1 Å². The summed E-state index contributed by atoms with van der Waals surface area (Å²) in [5, 5.41) is 12.8. The first-order valence-corrected chi connectivity index (χ1v) is 8.07. The molecule has 0 radical (unpaired) electrons. The number of hydrogen-bond acceptors (Lipinski definition) is 5. The third kappa shape index (κ3) is 2.40. The summed E-state index contributed by atoms with van der Waals surface area (Å²) < 4.78 is 2.00. The lowest BCUT2D eigenvalue weighted by atomic mass is 10.1. The summed E-state index contributed by atoms with van der Waals surface area (Å²) in [6.45, 7) is 0. The number of rotatable bonds is 3. The maximum atomic E-state index is 10.8. The van der Waals surface area contributed by atoms with Crippen LogP contribution in [0.15, 0.2) is 60.1 Å². The van der Waals surface area contributed by atoms with Crippen molar-refractivity contribution in [3.05, 3.63) is 70.2 Å². The van der Waals surface area contributed by atoms with Crippen LogP contribution in [-0.2, 0) is 0 Å². The highest BCUT2D eigenvalue weighted by molar-refractivity contribution is 7.15. The SMILES string of the molecule is Nc1ccc(-c2cn3c(-c4ccc([N+](=O)[O-])cc4)csc3n2)cc1. The van der Waals surface area contributed by atoms with Crippen LogP contribution in [0.5, 0.6) is 0 Å². The Bertz CT molecular complexity index is 1030.